The Labute approximate surface area is 539 Å². The average Bonchev–Trinajstić information content (AvgIpc) is 0.781. The van der Waals surface area contributed by atoms with E-state index < -0.39 is 0 Å². The molecule has 7 heteroatoms. The Morgan fingerprint density at radius 3 is 1.54 bits per heavy atom. The largest absolute Gasteiger partial charge is 0.512 e. The summed E-state index contributed by atoms with van der Waals surface area (Å²) in [5, 5.41) is 23.6. The van der Waals surface area contributed by atoms with E-state index >= 15 is 0 Å². The Hall–Kier alpha value is -6.37. The number of ether oxygens (including phenoxy) is 1. The first-order chi connectivity index (χ1) is 41.4. The summed E-state index contributed by atoms with van der Waals surface area (Å²) in [5.41, 5.74) is 9.10. The molecule has 10 aromatic rings. The van der Waals surface area contributed by atoms with Gasteiger partial charge in [0, 0.05) is 71.5 Å². The van der Waals surface area contributed by atoms with Crippen molar-refractivity contribution in [2.45, 2.75) is 179 Å². The minimum Gasteiger partial charge on any atom is -0.512 e. The van der Waals surface area contributed by atoms with Crippen molar-refractivity contribution in [3.8, 4) is 34.0 Å². The number of benzene rings is 8. The van der Waals surface area contributed by atoms with Crippen molar-refractivity contribution in [2.24, 2.45) is 33.0 Å². The molecule has 0 spiro atoms. The summed E-state index contributed by atoms with van der Waals surface area (Å²) in [6.45, 7) is 37.5. The minimum atomic E-state index is -0.319. The topological polar surface area (TPSA) is 72.3 Å². The number of hydrogen-bond acceptors (Lipinski definition) is 6. The molecule has 0 saturated heterocycles. The van der Waals surface area contributed by atoms with Gasteiger partial charge in [-0.1, -0.05) is 224 Å². The molecule has 1 N–H and O–H groups in total. The Bertz CT molecular complexity index is 4140. The van der Waals surface area contributed by atoms with Crippen molar-refractivity contribution in [1.82, 2.24) is 9.97 Å². The Balaban J connectivity index is 0.000000170. The van der Waals surface area contributed by atoms with Crippen LogP contribution in [-0.2, 0) is 50.6 Å². The van der Waals surface area contributed by atoms with Crippen LogP contribution in [0.5, 0.6) is 11.5 Å². The molecule has 5 nitrogen and oxygen atoms in total. The van der Waals surface area contributed by atoms with Crippen LogP contribution in [0.2, 0.25) is 0 Å². The summed E-state index contributed by atoms with van der Waals surface area (Å²) < 4.78 is 24.1. The Kier molecular flexibility index (Phi) is 18.1. The van der Waals surface area contributed by atoms with Gasteiger partial charge in [0.1, 0.15) is 5.75 Å². The molecule has 0 unspecified atom stereocenters. The van der Waals surface area contributed by atoms with Crippen LogP contribution in [0.25, 0.3) is 87.1 Å². The van der Waals surface area contributed by atoms with E-state index in [1.165, 1.54) is 65.1 Å². The van der Waals surface area contributed by atoms with Crippen molar-refractivity contribution >= 4 is 82.2 Å². The summed E-state index contributed by atoms with van der Waals surface area (Å²) >= 11 is 1.87. The third-order valence-electron chi connectivity index (χ3n) is 17.4. The number of ketones is 1. The molecule has 455 valence electrons. The second-order valence-corrected chi connectivity index (χ2v) is 30.4. The molecule has 0 atom stereocenters. The molecule has 87 heavy (non-hydrogen) atoms. The molecule has 4 heterocycles. The molecule has 2 aliphatic heterocycles. The fourth-order valence-corrected chi connectivity index (χ4v) is 14.0. The quantitative estimate of drug-likeness (QED) is 0.0602. The zero-order valence-corrected chi connectivity index (χ0v) is 57.8. The number of carbonyl (C=O) groups is 1. The van der Waals surface area contributed by atoms with Crippen molar-refractivity contribution < 1.29 is 37.5 Å². The van der Waals surface area contributed by atoms with Crippen LogP contribution in [-0.4, -0.2) is 20.9 Å². The minimum absolute atomic E-state index is 0. The smallest absolute Gasteiger partial charge is 0.164 e. The van der Waals surface area contributed by atoms with Gasteiger partial charge in [-0.3, -0.25) is 14.8 Å². The molecule has 0 saturated carbocycles. The number of nitrogens with zero attached hydrogens (tertiary/aromatic N) is 2. The van der Waals surface area contributed by atoms with E-state index in [2.05, 4.69) is 192 Å². The molecular formula is C80H90IrN2O3S-2. The number of aliphatic hydroxyl groups excluding tert-OH is 1. The maximum absolute atomic E-state index is 12.0. The fraction of sp³-hybridized carbons (Fsp3) is 0.388. The molecule has 0 aliphatic carbocycles. The number of allylic oxidation sites excluding steroid dienone is 2. The van der Waals surface area contributed by atoms with E-state index in [-0.39, 0.29) is 70.8 Å². The normalized spacial score (nSPS) is 13.6. The maximum Gasteiger partial charge on any atom is 0.164 e. The van der Waals surface area contributed by atoms with Crippen LogP contribution in [0.3, 0.4) is 0 Å². The van der Waals surface area contributed by atoms with Gasteiger partial charge in [0.25, 0.3) is 0 Å². The predicted octanol–water partition coefficient (Wildman–Crippen LogP) is 23.2. The number of carbonyl (C=O) groups excluding carboxylic acids is 1. The van der Waals surface area contributed by atoms with Crippen molar-refractivity contribution in [2.75, 3.05) is 0 Å². The summed E-state index contributed by atoms with van der Waals surface area (Å²) in [6.07, 6.45) is 9.22. The van der Waals surface area contributed by atoms with Gasteiger partial charge in [0.15, 0.2) is 5.78 Å². The molecule has 0 amide bonds. The first-order valence-electron chi connectivity index (χ1n) is 32.4. The average molecular weight is 1350 g/mol. The van der Waals surface area contributed by atoms with Gasteiger partial charge in [-0.2, -0.15) is 0 Å². The summed E-state index contributed by atoms with van der Waals surface area (Å²) in [6, 6.07) is 45.9. The third kappa shape index (κ3) is 13.6. The molecular weight excluding hydrogens is 1260 g/mol. The van der Waals surface area contributed by atoms with Crippen LogP contribution >= 0.6 is 11.8 Å². The van der Waals surface area contributed by atoms with Crippen LogP contribution < -0.4 is 4.74 Å². The number of aromatic nitrogens is 2. The Morgan fingerprint density at radius 1 is 0.563 bits per heavy atom. The van der Waals surface area contributed by atoms with E-state index in [4.69, 9.17) is 17.4 Å². The van der Waals surface area contributed by atoms with E-state index in [1.807, 2.05) is 58.5 Å². The molecule has 8 aromatic carbocycles. The van der Waals surface area contributed by atoms with Gasteiger partial charge in [-0.05, 0) is 151 Å². The number of pyridine rings is 2. The monoisotopic (exact) mass is 1350 g/mol. The second kappa shape index (κ2) is 25.3. The first kappa shape index (κ1) is 62.2. The predicted molar refractivity (Wildman–Crippen MR) is 367 cm³/mol. The Morgan fingerprint density at radius 2 is 1.02 bits per heavy atom. The molecule has 2 aliphatic rings. The molecule has 12 rings (SSSR count). The van der Waals surface area contributed by atoms with Crippen molar-refractivity contribution in [1.29, 1.82) is 0 Å². The zero-order valence-electron chi connectivity index (χ0n) is 56.6. The van der Waals surface area contributed by atoms with E-state index in [9.17, 15) is 9.90 Å². The third-order valence-corrected chi connectivity index (χ3v) is 18.6. The summed E-state index contributed by atoms with van der Waals surface area (Å²) in [5.74, 6) is 2.10. The van der Waals surface area contributed by atoms with Gasteiger partial charge in [0.2, 0.25) is 0 Å². The number of rotatable bonds is 11. The van der Waals surface area contributed by atoms with Gasteiger partial charge in [-0.25, -0.2) is 0 Å². The first-order valence-corrected chi connectivity index (χ1v) is 32.2. The summed E-state index contributed by atoms with van der Waals surface area (Å²) in [4.78, 5) is 24.1. The van der Waals surface area contributed by atoms with Gasteiger partial charge in [0.05, 0.1) is 14.3 Å². The SMILES string of the molecule is CCC(CC)/C(O)=C/C(=O)C(C)(CC)CC.[2H]c1cc2c3c(cc4c(CC(C)(C)C)cccc42)Oc2c([c-]c4ccccc4c2CC(C)(C)C)-c3n1.[2H]c1cc2c3c(cc4c(CC(C)(C)C)cccc42)Sc2c([c-]c4ccccc4c2CC(C)(C)C)-c3n1.[Ir]. The van der Waals surface area contributed by atoms with Crippen LogP contribution in [0, 0.1) is 45.1 Å². The van der Waals surface area contributed by atoms with E-state index in [0.29, 0.717) is 6.17 Å². The van der Waals surface area contributed by atoms with E-state index in [1.54, 1.807) is 0 Å². The zero-order chi connectivity index (χ0) is 63.6. The molecule has 1 radical (unpaired) electrons. The second-order valence-electron chi connectivity index (χ2n) is 29.4. The maximum atomic E-state index is 12.0. The van der Waals surface area contributed by atoms with Crippen LogP contribution in [0.15, 0.2) is 143 Å². The van der Waals surface area contributed by atoms with Crippen LogP contribution in [0.4, 0.5) is 0 Å². The van der Waals surface area contributed by atoms with Gasteiger partial charge < -0.3 is 9.84 Å². The van der Waals surface area contributed by atoms with Gasteiger partial charge in [-0.15, -0.1) is 46.8 Å². The fourth-order valence-electron chi connectivity index (χ4n) is 12.7. The number of fused-ring (bicyclic) bond motifs is 10. The van der Waals surface area contributed by atoms with Crippen LogP contribution in [0.1, 0.15) is 168 Å². The molecule has 0 fully saturated rings. The summed E-state index contributed by atoms with van der Waals surface area (Å²) in [7, 11) is 0. The standard InChI is InChI=1S/C33H32NO.C33H32NS.C14H26O2.Ir/c2*1-32(2,3)18-21-11-9-13-23-24-14-15-34-30-26-16-20-10-7-8-12-22(20)27(19-33(4,5)6)31(26)35-28(29(24)30)17-25(21)23;1-6-11(7-2)12(15)10-13(16)14(5,8-3)9-4;/h2*7-15,17H,18-19H2,1-6H3;10-11,15H,6-9H2,1-5H3;/q2*-1;;/b;;12-10-;/i2*15D;;. The number of aliphatic hydroxyl groups is 1. The number of hydrogen-bond donors (Lipinski definition) is 1. The van der Waals surface area contributed by atoms with Crippen molar-refractivity contribution in [3.63, 3.8) is 0 Å². The van der Waals surface area contributed by atoms with Gasteiger partial charge >= 0.3 is 0 Å². The molecule has 2 aromatic heterocycles. The van der Waals surface area contributed by atoms with Crippen molar-refractivity contribution in [3.05, 3.63) is 168 Å². The molecule has 0 bridgehead atoms. The van der Waals surface area contributed by atoms with E-state index in [0.717, 1.165) is 123 Å².